The van der Waals surface area contributed by atoms with E-state index in [2.05, 4.69) is 0 Å². The van der Waals surface area contributed by atoms with Gasteiger partial charge in [-0.05, 0) is 25.5 Å². The summed E-state index contributed by atoms with van der Waals surface area (Å²) in [6.45, 7) is 6.64. The molecule has 0 aliphatic carbocycles. The van der Waals surface area contributed by atoms with Crippen LogP contribution in [0.3, 0.4) is 0 Å². The molecular weight excluding hydrogens is 246 g/mol. The van der Waals surface area contributed by atoms with E-state index < -0.39 is 0 Å². The molecule has 0 saturated carbocycles. The second kappa shape index (κ2) is 5.75. The van der Waals surface area contributed by atoms with Crippen LogP contribution in [0.2, 0.25) is 0 Å². The number of aliphatic hydroxyl groups excluding tert-OH is 1. The van der Waals surface area contributed by atoms with Crippen LogP contribution >= 0.6 is 0 Å². The molecule has 1 amide bonds. The molecule has 2 atom stereocenters. The van der Waals surface area contributed by atoms with Crippen LogP contribution in [0.1, 0.15) is 35.7 Å². The minimum absolute atomic E-state index is 0.00853. The first-order valence-electron chi connectivity index (χ1n) is 6.69. The van der Waals surface area contributed by atoms with E-state index in [1.165, 1.54) is 0 Å². The predicted molar refractivity (Wildman–Crippen MR) is 70.1 cm³/mol. The minimum atomic E-state index is -0.304. The van der Waals surface area contributed by atoms with Gasteiger partial charge in [-0.1, -0.05) is 6.92 Å². The molecule has 0 radical (unpaired) electrons. The van der Waals surface area contributed by atoms with Crippen LogP contribution in [0.4, 0.5) is 0 Å². The molecule has 1 fully saturated rings. The maximum atomic E-state index is 12.4. The summed E-state index contributed by atoms with van der Waals surface area (Å²) in [5, 5.41) is 9.15. The summed E-state index contributed by atoms with van der Waals surface area (Å²) in [6.07, 6.45) is 0.471. The van der Waals surface area contributed by atoms with Gasteiger partial charge in [-0.2, -0.15) is 0 Å². The van der Waals surface area contributed by atoms with Gasteiger partial charge in [-0.15, -0.1) is 0 Å². The number of morpholine rings is 1. The molecule has 0 unspecified atom stereocenters. The van der Waals surface area contributed by atoms with Crippen molar-refractivity contribution >= 4 is 5.91 Å². The van der Waals surface area contributed by atoms with Gasteiger partial charge in [-0.3, -0.25) is 4.79 Å². The van der Waals surface area contributed by atoms with Gasteiger partial charge in [0.2, 0.25) is 0 Å². The fourth-order valence-electron chi connectivity index (χ4n) is 2.33. The van der Waals surface area contributed by atoms with E-state index in [9.17, 15) is 4.79 Å². The third-order valence-electron chi connectivity index (χ3n) is 3.52. The number of nitrogens with zero attached hydrogens (tertiary/aromatic N) is 1. The Balaban J connectivity index is 2.17. The summed E-state index contributed by atoms with van der Waals surface area (Å²) in [6, 6.07) is 1.78. The average Bonchev–Trinajstić information content (AvgIpc) is 2.80. The van der Waals surface area contributed by atoms with Crippen molar-refractivity contribution < 1.29 is 19.1 Å². The average molecular weight is 267 g/mol. The first-order chi connectivity index (χ1) is 9.06. The molecule has 5 heteroatoms. The highest BCUT2D eigenvalue weighted by molar-refractivity contribution is 5.92. The van der Waals surface area contributed by atoms with E-state index in [0.29, 0.717) is 18.9 Å². The van der Waals surface area contributed by atoms with E-state index in [-0.39, 0.29) is 24.7 Å². The van der Waals surface area contributed by atoms with Crippen molar-refractivity contribution in [2.45, 2.75) is 39.3 Å². The lowest BCUT2D eigenvalue weighted by Crippen LogP contribution is -2.51. The molecule has 106 valence electrons. The molecule has 1 aliphatic heterocycles. The summed E-state index contributed by atoms with van der Waals surface area (Å²) in [7, 11) is 0. The Hall–Kier alpha value is -1.33. The first kappa shape index (κ1) is 14.1. The molecule has 2 heterocycles. The molecule has 1 aromatic rings. The number of rotatable bonds is 3. The van der Waals surface area contributed by atoms with Gasteiger partial charge in [0.15, 0.2) is 5.76 Å². The number of carbonyl (C=O) groups is 1. The van der Waals surface area contributed by atoms with Gasteiger partial charge >= 0.3 is 0 Å². The lowest BCUT2D eigenvalue weighted by atomic mass is 10.1. The van der Waals surface area contributed by atoms with Crippen molar-refractivity contribution in [2.75, 3.05) is 19.8 Å². The van der Waals surface area contributed by atoms with Gasteiger partial charge in [-0.25, -0.2) is 0 Å². The lowest BCUT2D eigenvalue weighted by Gasteiger charge is -2.36. The van der Waals surface area contributed by atoms with Crippen molar-refractivity contribution in [3.8, 4) is 0 Å². The maximum Gasteiger partial charge on any atom is 0.289 e. The number of hydrogen-bond donors (Lipinski definition) is 1. The minimum Gasteiger partial charge on any atom is -0.456 e. The van der Waals surface area contributed by atoms with Crippen LogP contribution in [0.15, 0.2) is 10.5 Å². The Morgan fingerprint density at radius 1 is 1.58 bits per heavy atom. The molecule has 1 saturated heterocycles. The summed E-state index contributed by atoms with van der Waals surface area (Å²) in [5.41, 5.74) is 1.01. The second-order valence-corrected chi connectivity index (χ2v) is 5.01. The molecular formula is C14H21NO4. The zero-order chi connectivity index (χ0) is 14.0. The van der Waals surface area contributed by atoms with Crippen molar-refractivity contribution in [2.24, 2.45) is 0 Å². The quantitative estimate of drug-likeness (QED) is 0.898. The van der Waals surface area contributed by atoms with E-state index in [1.807, 2.05) is 20.8 Å². The maximum absolute atomic E-state index is 12.4. The molecule has 1 N–H and O–H groups in total. The third-order valence-corrected chi connectivity index (χ3v) is 3.52. The van der Waals surface area contributed by atoms with Crippen LogP contribution in [0, 0.1) is 6.92 Å². The monoisotopic (exact) mass is 267 g/mol. The summed E-state index contributed by atoms with van der Waals surface area (Å²) < 4.78 is 11.0. The number of ether oxygens (including phenoxy) is 1. The van der Waals surface area contributed by atoms with Crippen LogP contribution in [-0.2, 0) is 11.2 Å². The summed E-state index contributed by atoms with van der Waals surface area (Å²) in [4.78, 5) is 14.2. The molecule has 1 aliphatic rings. The van der Waals surface area contributed by atoms with Gasteiger partial charge in [0.1, 0.15) is 5.76 Å². The van der Waals surface area contributed by atoms with Crippen molar-refractivity contribution in [1.29, 1.82) is 0 Å². The highest BCUT2D eigenvalue weighted by Gasteiger charge is 2.31. The Bertz CT molecular complexity index is 454. The molecule has 2 rings (SSSR count). The molecule has 0 spiro atoms. The molecule has 0 bridgehead atoms. The van der Waals surface area contributed by atoms with Crippen LogP contribution in [0.5, 0.6) is 0 Å². The van der Waals surface area contributed by atoms with Crippen molar-refractivity contribution in [3.63, 3.8) is 0 Å². The first-order valence-corrected chi connectivity index (χ1v) is 6.69. The predicted octanol–water partition coefficient (Wildman–Crippen LogP) is 1.37. The molecule has 1 aromatic heterocycles. The van der Waals surface area contributed by atoms with Gasteiger partial charge in [0.25, 0.3) is 5.91 Å². The second-order valence-electron chi connectivity index (χ2n) is 5.01. The number of amides is 1. The van der Waals surface area contributed by atoms with Crippen LogP contribution in [-0.4, -0.2) is 47.8 Å². The Morgan fingerprint density at radius 3 is 2.89 bits per heavy atom. The van der Waals surface area contributed by atoms with Gasteiger partial charge < -0.3 is 19.2 Å². The Labute approximate surface area is 113 Å². The highest BCUT2D eigenvalue weighted by atomic mass is 16.5. The third kappa shape index (κ3) is 2.82. The summed E-state index contributed by atoms with van der Waals surface area (Å²) >= 11 is 0. The fraction of sp³-hybridized carbons (Fsp3) is 0.643. The summed E-state index contributed by atoms with van der Waals surface area (Å²) in [5.74, 6) is 1.10. The van der Waals surface area contributed by atoms with E-state index in [4.69, 9.17) is 14.3 Å². The molecule has 5 nitrogen and oxygen atoms in total. The van der Waals surface area contributed by atoms with E-state index in [0.717, 1.165) is 17.7 Å². The van der Waals surface area contributed by atoms with Crippen molar-refractivity contribution in [3.05, 3.63) is 23.2 Å². The lowest BCUT2D eigenvalue weighted by molar-refractivity contribution is -0.0674. The fourth-order valence-corrected chi connectivity index (χ4v) is 2.33. The topological polar surface area (TPSA) is 62.9 Å². The number of aliphatic hydroxyl groups is 1. The largest absolute Gasteiger partial charge is 0.456 e. The van der Waals surface area contributed by atoms with Crippen molar-refractivity contribution in [1.82, 2.24) is 4.90 Å². The van der Waals surface area contributed by atoms with E-state index in [1.54, 1.807) is 11.0 Å². The smallest absolute Gasteiger partial charge is 0.289 e. The van der Waals surface area contributed by atoms with Gasteiger partial charge in [0, 0.05) is 13.0 Å². The van der Waals surface area contributed by atoms with Crippen LogP contribution in [0.25, 0.3) is 0 Å². The number of furan rings is 1. The normalized spacial score (nSPS) is 23.7. The highest BCUT2D eigenvalue weighted by Crippen LogP contribution is 2.20. The van der Waals surface area contributed by atoms with Gasteiger partial charge in [0.05, 0.1) is 25.4 Å². The number of aryl methyl sites for hydroxylation is 2. The number of carbonyl (C=O) groups excluding carboxylic acids is 1. The SMILES string of the molecule is CCc1oc(C(=O)N2C[C@H](CO)OC[C@@H]2C)cc1C. The van der Waals surface area contributed by atoms with Crippen LogP contribution < -0.4 is 0 Å². The zero-order valence-electron chi connectivity index (χ0n) is 11.7. The standard InChI is InChI=1S/C14H21NO4/c1-4-12-9(2)5-13(19-12)14(17)15-6-11(7-16)18-8-10(15)3/h5,10-11,16H,4,6-8H2,1-3H3/t10-,11+/m0/s1. The molecule has 0 aromatic carbocycles. The number of hydrogen-bond acceptors (Lipinski definition) is 4. The Morgan fingerprint density at radius 2 is 2.32 bits per heavy atom. The Kier molecular flexibility index (Phi) is 4.27. The molecule has 19 heavy (non-hydrogen) atoms. The zero-order valence-corrected chi connectivity index (χ0v) is 11.7. The van der Waals surface area contributed by atoms with E-state index >= 15 is 0 Å².